The lowest BCUT2D eigenvalue weighted by Gasteiger charge is -2.00. The van der Waals surface area contributed by atoms with Crippen LogP contribution in [0.4, 0.5) is 0 Å². The van der Waals surface area contributed by atoms with Gasteiger partial charge in [0.25, 0.3) is 0 Å². The summed E-state index contributed by atoms with van der Waals surface area (Å²) in [5, 5.41) is 3.71. The lowest BCUT2D eigenvalue weighted by atomic mass is 10.3. The monoisotopic (exact) mass is 235 g/mol. The molecule has 0 saturated carbocycles. The van der Waals surface area contributed by atoms with Gasteiger partial charge in [0.05, 0.1) is 16.8 Å². The van der Waals surface area contributed by atoms with Crippen molar-refractivity contribution in [3.8, 4) is 0 Å². The minimum absolute atomic E-state index is 0.0262. The molecule has 5 heteroatoms. The van der Waals surface area contributed by atoms with E-state index < -0.39 is 0 Å². The molecule has 0 spiro atoms. The van der Waals surface area contributed by atoms with Crippen molar-refractivity contribution in [3.63, 3.8) is 0 Å². The van der Waals surface area contributed by atoms with Gasteiger partial charge in [-0.05, 0) is 12.1 Å². The molecule has 0 aliphatic carbocycles. The van der Waals surface area contributed by atoms with Crippen LogP contribution in [0.3, 0.4) is 0 Å². The van der Waals surface area contributed by atoms with Crippen LogP contribution in [0, 0.1) is 0 Å². The topological polar surface area (TPSA) is 68.0 Å². The molecule has 2 rings (SSSR count). The maximum Gasteiger partial charge on any atom is 0.221 e. The van der Waals surface area contributed by atoms with E-state index in [-0.39, 0.29) is 5.91 Å². The lowest BCUT2D eigenvalue weighted by molar-refractivity contribution is -0.121. The van der Waals surface area contributed by atoms with Crippen molar-refractivity contribution in [1.82, 2.24) is 10.3 Å². The van der Waals surface area contributed by atoms with Gasteiger partial charge in [0.1, 0.15) is 5.01 Å². The maximum absolute atomic E-state index is 11.2. The number of amides is 1. The Hall–Kier alpha value is -1.46. The second-order valence-electron chi connectivity index (χ2n) is 3.39. The Kier molecular flexibility index (Phi) is 3.48. The molecule has 2 aromatic rings. The zero-order chi connectivity index (χ0) is 11.4. The summed E-state index contributed by atoms with van der Waals surface area (Å²) in [5.74, 6) is -0.0262. The van der Waals surface area contributed by atoms with E-state index in [0.717, 1.165) is 15.2 Å². The fourth-order valence-corrected chi connectivity index (χ4v) is 2.30. The average Bonchev–Trinajstić information content (AvgIpc) is 2.69. The van der Waals surface area contributed by atoms with Crippen LogP contribution in [0.2, 0.25) is 0 Å². The van der Waals surface area contributed by atoms with Gasteiger partial charge in [-0.25, -0.2) is 4.98 Å². The molecule has 84 valence electrons. The summed E-state index contributed by atoms with van der Waals surface area (Å²) >= 11 is 1.60. The van der Waals surface area contributed by atoms with Crippen LogP contribution >= 0.6 is 11.3 Å². The fraction of sp³-hybridized carbons (Fsp3) is 0.273. The van der Waals surface area contributed by atoms with E-state index in [9.17, 15) is 4.79 Å². The minimum atomic E-state index is -0.0262. The number of aromatic nitrogens is 1. The Morgan fingerprint density at radius 3 is 3.00 bits per heavy atom. The summed E-state index contributed by atoms with van der Waals surface area (Å²) < 4.78 is 1.14. The van der Waals surface area contributed by atoms with Crippen molar-refractivity contribution in [3.05, 3.63) is 29.3 Å². The smallest absolute Gasteiger partial charge is 0.221 e. The fourth-order valence-electron chi connectivity index (χ4n) is 1.39. The van der Waals surface area contributed by atoms with Crippen LogP contribution in [0.15, 0.2) is 24.3 Å². The molecular weight excluding hydrogens is 222 g/mol. The summed E-state index contributed by atoms with van der Waals surface area (Å²) in [7, 11) is 0. The van der Waals surface area contributed by atoms with Crippen molar-refractivity contribution in [2.45, 2.75) is 13.0 Å². The van der Waals surface area contributed by atoms with E-state index >= 15 is 0 Å². The SMILES string of the molecule is NCCC(=O)NCc1nc2ccccc2s1. The first kappa shape index (κ1) is 11.0. The number of benzene rings is 1. The maximum atomic E-state index is 11.2. The van der Waals surface area contributed by atoms with Crippen LogP contribution < -0.4 is 11.1 Å². The Bertz CT molecular complexity index is 462. The molecule has 16 heavy (non-hydrogen) atoms. The first-order valence-corrected chi connectivity index (χ1v) is 5.92. The quantitative estimate of drug-likeness (QED) is 0.838. The Morgan fingerprint density at radius 1 is 1.44 bits per heavy atom. The summed E-state index contributed by atoms with van der Waals surface area (Å²) in [4.78, 5) is 15.6. The minimum Gasteiger partial charge on any atom is -0.350 e. The van der Waals surface area contributed by atoms with Crippen molar-refractivity contribution in [1.29, 1.82) is 0 Å². The molecule has 0 fully saturated rings. The molecule has 3 N–H and O–H groups in total. The summed E-state index contributed by atoms with van der Waals surface area (Å²) in [6, 6.07) is 7.94. The standard InChI is InChI=1S/C11H13N3OS/c12-6-5-10(15)13-7-11-14-8-3-1-2-4-9(8)16-11/h1-4H,5-7,12H2,(H,13,15). The largest absolute Gasteiger partial charge is 0.350 e. The predicted molar refractivity (Wildman–Crippen MR) is 65.1 cm³/mol. The van der Waals surface area contributed by atoms with Gasteiger partial charge < -0.3 is 11.1 Å². The number of para-hydroxylation sites is 1. The van der Waals surface area contributed by atoms with Gasteiger partial charge in [0.2, 0.25) is 5.91 Å². The predicted octanol–water partition coefficient (Wildman–Crippen LogP) is 1.26. The van der Waals surface area contributed by atoms with Gasteiger partial charge >= 0.3 is 0 Å². The van der Waals surface area contributed by atoms with Crippen molar-refractivity contribution < 1.29 is 4.79 Å². The number of thiazole rings is 1. The Morgan fingerprint density at radius 2 is 2.25 bits per heavy atom. The van der Waals surface area contributed by atoms with Crippen LogP contribution in [0.5, 0.6) is 0 Å². The number of fused-ring (bicyclic) bond motifs is 1. The van der Waals surface area contributed by atoms with Gasteiger partial charge in [0, 0.05) is 13.0 Å². The zero-order valence-electron chi connectivity index (χ0n) is 8.77. The molecule has 1 aromatic carbocycles. The first-order chi connectivity index (χ1) is 7.79. The molecule has 0 atom stereocenters. The number of nitrogens with one attached hydrogen (secondary N) is 1. The molecule has 1 amide bonds. The molecule has 0 bridgehead atoms. The highest BCUT2D eigenvalue weighted by atomic mass is 32.1. The van der Waals surface area contributed by atoms with E-state index in [4.69, 9.17) is 5.73 Å². The number of carbonyl (C=O) groups is 1. The Labute approximate surface area is 97.5 Å². The average molecular weight is 235 g/mol. The number of carbonyl (C=O) groups excluding carboxylic acids is 1. The Balaban J connectivity index is 2.02. The second kappa shape index (κ2) is 5.05. The highest BCUT2D eigenvalue weighted by molar-refractivity contribution is 7.18. The van der Waals surface area contributed by atoms with Crippen molar-refractivity contribution in [2.75, 3.05) is 6.54 Å². The first-order valence-electron chi connectivity index (χ1n) is 5.11. The van der Waals surface area contributed by atoms with Crippen LogP contribution in [0.25, 0.3) is 10.2 Å². The van der Waals surface area contributed by atoms with Gasteiger partial charge in [-0.3, -0.25) is 4.79 Å². The molecule has 4 nitrogen and oxygen atoms in total. The van der Waals surface area contributed by atoms with Gasteiger partial charge in [-0.1, -0.05) is 12.1 Å². The molecule has 1 heterocycles. The molecule has 1 aromatic heterocycles. The van der Waals surface area contributed by atoms with Crippen molar-refractivity contribution >= 4 is 27.5 Å². The summed E-state index contributed by atoms with van der Waals surface area (Å²) in [5.41, 5.74) is 6.27. The molecular formula is C11H13N3OS. The van der Waals surface area contributed by atoms with E-state index in [0.29, 0.717) is 19.5 Å². The highest BCUT2D eigenvalue weighted by Gasteiger charge is 2.04. The zero-order valence-corrected chi connectivity index (χ0v) is 9.59. The molecule has 0 saturated heterocycles. The number of rotatable bonds is 4. The van der Waals surface area contributed by atoms with Crippen LogP contribution in [0.1, 0.15) is 11.4 Å². The molecule has 0 radical (unpaired) electrons. The van der Waals surface area contributed by atoms with Crippen molar-refractivity contribution in [2.24, 2.45) is 5.73 Å². The third-order valence-electron chi connectivity index (χ3n) is 2.15. The van der Waals surface area contributed by atoms with E-state index in [1.807, 2.05) is 24.3 Å². The number of hydrogen-bond acceptors (Lipinski definition) is 4. The number of nitrogens with two attached hydrogens (primary N) is 1. The molecule has 0 unspecified atom stereocenters. The highest BCUT2D eigenvalue weighted by Crippen LogP contribution is 2.21. The van der Waals surface area contributed by atoms with Gasteiger partial charge in [-0.2, -0.15) is 0 Å². The summed E-state index contributed by atoms with van der Waals surface area (Å²) in [6.45, 7) is 0.865. The third-order valence-corrected chi connectivity index (χ3v) is 3.18. The van der Waals surface area contributed by atoms with E-state index in [1.165, 1.54) is 0 Å². The lowest BCUT2D eigenvalue weighted by Crippen LogP contribution is -2.24. The number of hydrogen-bond donors (Lipinski definition) is 2. The summed E-state index contributed by atoms with van der Waals surface area (Å²) in [6.07, 6.45) is 0.366. The van der Waals surface area contributed by atoms with E-state index in [2.05, 4.69) is 10.3 Å². The van der Waals surface area contributed by atoms with Gasteiger partial charge in [-0.15, -0.1) is 11.3 Å². The normalized spacial score (nSPS) is 10.6. The van der Waals surface area contributed by atoms with Crippen LogP contribution in [-0.4, -0.2) is 17.4 Å². The molecule has 0 aliphatic rings. The third kappa shape index (κ3) is 2.56. The number of nitrogens with zero attached hydrogens (tertiary/aromatic N) is 1. The molecule has 0 aliphatic heterocycles. The van der Waals surface area contributed by atoms with E-state index in [1.54, 1.807) is 11.3 Å². The van der Waals surface area contributed by atoms with Gasteiger partial charge in [0.15, 0.2) is 0 Å². The second-order valence-corrected chi connectivity index (χ2v) is 4.51. The van der Waals surface area contributed by atoms with Crippen LogP contribution in [-0.2, 0) is 11.3 Å².